The lowest BCUT2D eigenvalue weighted by Gasteiger charge is -2.20. The molecule has 0 aliphatic carbocycles. The van der Waals surface area contributed by atoms with Gasteiger partial charge in [-0.05, 0) is 26.3 Å². The molecule has 1 N–H and O–H groups in total. The number of hydrogen-bond acceptors (Lipinski definition) is 4. The van der Waals surface area contributed by atoms with Crippen molar-refractivity contribution in [2.24, 2.45) is 0 Å². The van der Waals surface area contributed by atoms with Gasteiger partial charge in [-0.2, -0.15) is 0 Å². The van der Waals surface area contributed by atoms with E-state index in [9.17, 15) is 0 Å². The van der Waals surface area contributed by atoms with Crippen molar-refractivity contribution >= 4 is 5.95 Å². The maximum Gasteiger partial charge on any atom is 0.225 e. The van der Waals surface area contributed by atoms with Gasteiger partial charge >= 0.3 is 0 Å². The van der Waals surface area contributed by atoms with E-state index in [-0.39, 0.29) is 0 Å². The minimum absolute atomic E-state index is 0.852. The molecule has 1 aromatic heterocycles. The number of rotatable bonds is 9. The topological polar surface area (TPSA) is 41.1 Å². The Morgan fingerprint density at radius 3 is 2.39 bits per heavy atom. The molecule has 1 aromatic rings. The fourth-order valence-electron chi connectivity index (χ4n) is 1.76. The van der Waals surface area contributed by atoms with E-state index in [0.29, 0.717) is 0 Å². The van der Waals surface area contributed by atoms with Crippen molar-refractivity contribution in [1.82, 2.24) is 15.3 Å². The fraction of sp³-hybridized carbons (Fsp3) is 0.714. The third-order valence-electron chi connectivity index (χ3n) is 2.89. The highest BCUT2D eigenvalue weighted by Gasteiger charge is 2.06. The zero-order valence-electron chi connectivity index (χ0n) is 11.9. The lowest BCUT2D eigenvalue weighted by molar-refractivity contribution is 0.669. The first-order valence-corrected chi connectivity index (χ1v) is 7.08. The normalized spacial score (nSPS) is 10.6. The number of unbranched alkanes of at least 4 members (excludes halogenated alkanes) is 1. The summed E-state index contributed by atoms with van der Waals surface area (Å²) in [6.45, 7) is 10.4. The van der Waals surface area contributed by atoms with Crippen LogP contribution in [0.3, 0.4) is 0 Å². The van der Waals surface area contributed by atoms with E-state index in [4.69, 9.17) is 0 Å². The van der Waals surface area contributed by atoms with Crippen LogP contribution in [0.5, 0.6) is 0 Å². The molecule has 0 atom stereocenters. The zero-order valence-corrected chi connectivity index (χ0v) is 11.9. The van der Waals surface area contributed by atoms with Gasteiger partial charge in [-0.1, -0.05) is 20.3 Å². The molecule has 0 amide bonds. The first kappa shape index (κ1) is 14.9. The van der Waals surface area contributed by atoms with Gasteiger partial charge in [-0.3, -0.25) is 0 Å². The molecule has 0 spiro atoms. The van der Waals surface area contributed by atoms with E-state index in [2.05, 4.69) is 41.0 Å². The first-order valence-electron chi connectivity index (χ1n) is 7.08. The summed E-state index contributed by atoms with van der Waals surface area (Å²) in [4.78, 5) is 11.1. The van der Waals surface area contributed by atoms with Crippen molar-refractivity contribution < 1.29 is 0 Å². The number of aromatic nitrogens is 2. The highest BCUT2D eigenvalue weighted by molar-refractivity contribution is 5.29. The largest absolute Gasteiger partial charge is 0.341 e. The predicted molar refractivity (Wildman–Crippen MR) is 76.8 cm³/mol. The van der Waals surface area contributed by atoms with Crippen LogP contribution in [0.25, 0.3) is 0 Å². The summed E-state index contributed by atoms with van der Waals surface area (Å²) in [5, 5.41) is 3.35. The summed E-state index contributed by atoms with van der Waals surface area (Å²) in [6, 6.07) is 0. The summed E-state index contributed by atoms with van der Waals surface area (Å²) in [7, 11) is 0. The molecule has 1 heterocycles. The van der Waals surface area contributed by atoms with Gasteiger partial charge in [0.1, 0.15) is 0 Å². The lowest BCUT2D eigenvalue weighted by Crippen LogP contribution is -2.26. The summed E-state index contributed by atoms with van der Waals surface area (Å²) in [5.74, 6) is 0.852. The Labute approximate surface area is 111 Å². The monoisotopic (exact) mass is 250 g/mol. The van der Waals surface area contributed by atoms with Gasteiger partial charge in [0.15, 0.2) is 0 Å². The number of nitrogens with one attached hydrogen (secondary N) is 1. The molecular weight excluding hydrogens is 224 g/mol. The van der Waals surface area contributed by atoms with Crippen molar-refractivity contribution in [2.75, 3.05) is 24.5 Å². The second-order valence-electron chi connectivity index (χ2n) is 4.50. The van der Waals surface area contributed by atoms with Crippen LogP contribution in [0.4, 0.5) is 5.95 Å². The minimum atomic E-state index is 0.852. The van der Waals surface area contributed by atoms with Crippen molar-refractivity contribution in [3.05, 3.63) is 18.0 Å². The first-order chi connectivity index (χ1) is 8.81. The highest BCUT2D eigenvalue weighted by Crippen LogP contribution is 2.08. The van der Waals surface area contributed by atoms with E-state index in [0.717, 1.165) is 44.1 Å². The number of nitrogens with zero attached hydrogens (tertiary/aromatic N) is 3. The Kier molecular flexibility index (Phi) is 7.34. The summed E-state index contributed by atoms with van der Waals surface area (Å²) in [5.41, 5.74) is 1.15. The maximum atomic E-state index is 4.46. The maximum absolute atomic E-state index is 4.46. The molecule has 0 aliphatic rings. The van der Waals surface area contributed by atoms with Gasteiger partial charge in [0.2, 0.25) is 5.95 Å². The molecule has 0 aromatic carbocycles. The van der Waals surface area contributed by atoms with Gasteiger partial charge in [0, 0.05) is 37.6 Å². The molecule has 0 saturated heterocycles. The third kappa shape index (κ3) is 5.00. The third-order valence-corrected chi connectivity index (χ3v) is 2.89. The zero-order chi connectivity index (χ0) is 13.2. The second-order valence-corrected chi connectivity index (χ2v) is 4.50. The average Bonchev–Trinajstić information content (AvgIpc) is 2.41. The van der Waals surface area contributed by atoms with Crippen molar-refractivity contribution in [3.8, 4) is 0 Å². The average molecular weight is 250 g/mol. The lowest BCUT2D eigenvalue weighted by atomic mass is 10.3. The van der Waals surface area contributed by atoms with Crippen LogP contribution in [-0.2, 0) is 6.54 Å². The predicted octanol–water partition coefficient (Wildman–Crippen LogP) is 2.60. The summed E-state index contributed by atoms with van der Waals surface area (Å²) < 4.78 is 0. The molecule has 0 aliphatic heterocycles. The molecule has 0 radical (unpaired) electrons. The van der Waals surface area contributed by atoms with Gasteiger partial charge in [-0.15, -0.1) is 0 Å². The summed E-state index contributed by atoms with van der Waals surface area (Å²) >= 11 is 0. The highest BCUT2D eigenvalue weighted by atomic mass is 15.2. The second kappa shape index (κ2) is 8.86. The molecule has 4 heteroatoms. The van der Waals surface area contributed by atoms with Crippen LogP contribution < -0.4 is 10.2 Å². The van der Waals surface area contributed by atoms with Crippen LogP contribution in [0.1, 0.15) is 45.6 Å². The summed E-state index contributed by atoms with van der Waals surface area (Å²) in [6.07, 6.45) is 7.41. The molecule has 4 nitrogen and oxygen atoms in total. The Bertz CT molecular complexity index is 310. The Hall–Kier alpha value is -1.16. The van der Waals surface area contributed by atoms with Crippen LogP contribution in [-0.4, -0.2) is 29.6 Å². The molecule has 0 unspecified atom stereocenters. The standard InChI is InChI=1S/C14H26N4/c1-4-7-9-18(6-3)14-16-11-13(12-17-14)10-15-8-5-2/h11-12,15H,4-10H2,1-3H3. The van der Waals surface area contributed by atoms with Crippen LogP contribution >= 0.6 is 0 Å². The quantitative estimate of drug-likeness (QED) is 0.684. The molecule has 0 bridgehead atoms. The van der Waals surface area contributed by atoms with Gasteiger partial charge in [0.05, 0.1) is 0 Å². The van der Waals surface area contributed by atoms with Crippen LogP contribution in [0.2, 0.25) is 0 Å². The fourth-order valence-corrected chi connectivity index (χ4v) is 1.76. The van der Waals surface area contributed by atoms with Crippen molar-refractivity contribution in [3.63, 3.8) is 0 Å². The molecule has 0 fully saturated rings. The van der Waals surface area contributed by atoms with Gasteiger partial charge in [-0.25, -0.2) is 9.97 Å². The van der Waals surface area contributed by atoms with Gasteiger partial charge in [0.25, 0.3) is 0 Å². The smallest absolute Gasteiger partial charge is 0.225 e. The van der Waals surface area contributed by atoms with E-state index >= 15 is 0 Å². The molecule has 18 heavy (non-hydrogen) atoms. The molecular formula is C14H26N4. The Morgan fingerprint density at radius 2 is 1.83 bits per heavy atom. The Morgan fingerprint density at radius 1 is 1.11 bits per heavy atom. The molecule has 102 valence electrons. The van der Waals surface area contributed by atoms with Crippen LogP contribution in [0.15, 0.2) is 12.4 Å². The minimum Gasteiger partial charge on any atom is -0.341 e. The van der Waals surface area contributed by atoms with Crippen molar-refractivity contribution in [2.45, 2.75) is 46.6 Å². The molecule has 0 saturated carbocycles. The van der Waals surface area contributed by atoms with E-state index < -0.39 is 0 Å². The van der Waals surface area contributed by atoms with E-state index in [1.165, 1.54) is 12.8 Å². The number of anilines is 1. The van der Waals surface area contributed by atoms with Crippen LogP contribution in [0, 0.1) is 0 Å². The van der Waals surface area contributed by atoms with Crippen molar-refractivity contribution in [1.29, 1.82) is 0 Å². The van der Waals surface area contributed by atoms with Gasteiger partial charge < -0.3 is 10.2 Å². The van der Waals surface area contributed by atoms with E-state index in [1.54, 1.807) is 0 Å². The van der Waals surface area contributed by atoms with E-state index in [1.807, 2.05) is 12.4 Å². The SMILES string of the molecule is CCCCN(CC)c1ncc(CNCCC)cn1. The number of hydrogen-bond donors (Lipinski definition) is 1. The Balaban J connectivity index is 2.51. The molecule has 1 rings (SSSR count).